The number of halogens is 2. The maximum absolute atomic E-state index is 13.1. The molecule has 0 unspecified atom stereocenters. The first kappa shape index (κ1) is 12.2. The molecule has 0 N–H and O–H groups in total. The monoisotopic (exact) mass is 339 g/mol. The van der Waals surface area contributed by atoms with E-state index in [2.05, 4.69) is 27.6 Å². The summed E-state index contributed by atoms with van der Waals surface area (Å²) in [6, 6.07) is 12.8. The summed E-state index contributed by atoms with van der Waals surface area (Å²) in [5.74, 6) is -0.196. The van der Waals surface area contributed by atoms with Crippen molar-refractivity contribution in [1.82, 2.24) is 0 Å². The van der Waals surface area contributed by atoms with Crippen molar-refractivity contribution >= 4 is 34.5 Å². The first-order valence-corrected chi connectivity index (χ1v) is 6.29. The molecule has 0 saturated carbocycles. The first-order valence-electron chi connectivity index (χ1n) is 5.21. The van der Waals surface area contributed by atoms with E-state index in [9.17, 15) is 4.39 Å². The lowest BCUT2D eigenvalue weighted by molar-refractivity contribution is 0.618. The molecule has 0 spiro atoms. The molecule has 2 aromatic rings. The highest BCUT2D eigenvalue weighted by Crippen LogP contribution is 2.17. The van der Waals surface area contributed by atoms with Crippen molar-refractivity contribution in [2.24, 2.45) is 4.99 Å². The Kier molecular flexibility index (Phi) is 3.89. The van der Waals surface area contributed by atoms with Crippen LogP contribution >= 0.6 is 22.6 Å². The normalized spacial score (nSPS) is 11.0. The van der Waals surface area contributed by atoms with Crippen LogP contribution in [-0.2, 0) is 0 Å². The minimum absolute atomic E-state index is 0.196. The van der Waals surface area contributed by atoms with E-state index in [1.54, 1.807) is 25.3 Å². The van der Waals surface area contributed by atoms with Crippen molar-refractivity contribution in [3.05, 3.63) is 63.0 Å². The summed E-state index contributed by atoms with van der Waals surface area (Å²) in [6.45, 7) is 1.74. The van der Waals surface area contributed by atoms with Crippen LogP contribution in [0.15, 0.2) is 47.5 Å². The molecule has 0 bridgehead atoms. The minimum Gasteiger partial charge on any atom is -0.256 e. The van der Waals surface area contributed by atoms with Crippen molar-refractivity contribution in [2.75, 3.05) is 0 Å². The second-order valence-electron chi connectivity index (χ2n) is 3.71. The van der Waals surface area contributed by atoms with Gasteiger partial charge in [0.1, 0.15) is 5.82 Å². The van der Waals surface area contributed by atoms with E-state index in [0.717, 1.165) is 14.8 Å². The molecule has 0 amide bonds. The van der Waals surface area contributed by atoms with E-state index in [-0.39, 0.29) is 5.82 Å². The summed E-state index contributed by atoms with van der Waals surface area (Å²) in [4.78, 5) is 4.34. The van der Waals surface area contributed by atoms with Crippen LogP contribution in [-0.4, -0.2) is 6.21 Å². The van der Waals surface area contributed by atoms with Crippen molar-refractivity contribution in [3.63, 3.8) is 0 Å². The van der Waals surface area contributed by atoms with Crippen LogP contribution in [0.5, 0.6) is 0 Å². The Morgan fingerprint density at radius 2 is 1.94 bits per heavy atom. The fourth-order valence-electron chi connectivity index (χ4n) is 1.43. The van der Waals surface area contributed by atoms with E-state index in [1.807, 2.05) is 24.3 Å². The van der Waals surface area contributed by atoms with E-state index in [0.29, 0.717) is 5.56 Å². The summed E-state index contributed by atoms with van der Waals surface area (Å²) in [5, 5.41) is 0. The van der Waals surface area contributed by atoms with Gasteiger partial charge in [0.2, 0.25) is 0 Å². The van der Waals surface area contributed by atoms with E-state index in [4.69, 9.17) is 0 Å². The third-order valence-corrected chi connectivity index (χ3v) is 3.38. The smallest absolute Gasteiger partial charge is 0.126 e. The highest BCUT2D eigenvalue weighted by atomic mass is 127. The molecule has 2 aromatic carbocycles. The third kappa shape index (κ3) is 3.12. The average molecular weight is 339 g/mol. The Labute approximate surface area is 114 Å². The van der Waals surface area contributed by atoms with Crippen molar-refractivity contribution in [2.45, 2.75) is 6.92 Å². The first-order chi connectivity index (χ1) is 8.16. The number of benzene rings is 2. The van der Waals surface area contributed by atoms with Gasteiger partial charge >= 0.3 is 0 Å². The number of aliphatic imine (C=N–C) groups is 1. The van der Waals surface area contributed by atoms with E-state index < -0.39 is 0 Å². The van der Waals surface area contributed by atoms with Crippen molar-refractivity contribution < 1.29 is 4.39 Å². The van der Waals surface area contributed by atoms with E-state index in [1.165, 1.54) is 6.07 Å². The van der Waals surface area contributed by atoms with Gasteiger partial charge in [-0.05, 0) is 59.3 Å². The molecule has 17 heavy (non-hydrogen) atoms. The van der Waals surface area contributed by atoms with Gasteiger partial charge in [-0.25, -0.2) is 4.39 Å². The molecular weight excluding hydrogens is 328 g/mol. The largest absolute Gasteiger partial charge is 0.256 e. The average Bonchev–Trinajstić information content (AvgIpc) is 2.32. The summed E-state index contributed by atoms with van der Waals surface area (Å²) >= 11 is 2.26. The zero-order chi connectivity index (χ0) is 12.3. The molecule has 0 aromatic heterocycles. The van der Waals surface area contributed by atoms with Gasteiger partial charge in [0.05, 0.1) is 5.69 Å². The molecule has 0 aliphatic heterocycles. The SMILES string of the molecule is Cc1cc(N=Cc2ccccc2I)ccc1F. The summed E-state index contributed by atoms with van der Waals surface area (Å²) in [6.07, 6.45) is 1.80. The topological polar surface area (TPSA) is 12.4 Å². The van der Waals surface area contributed by atoms with Crippen LogP contribution in [0.4, 0.5) is 10.1 Å². The van der Waals surface area contributed by atoms with E-state index >= 15 is 0 Å². The third-order valence-electron chi connectivity index (χ3n) is 2.40. The van der Waals surface area contributed by atoms with Gasteiger partial charge in [-0.3, -0.25) is 4.99 Å². The van der Waals surface area contributed by atoms with Gasteiger partial charge in [0.15, 0.2) is 0 Å². The quantitative estimate of drug-likeness (QED) is 0.565. The van der Waals surface area contributed by atoms with Gasteiger partial charge in [0.25, 0.3) is 0 Å². The molecule has 0 radical (unpaired) electrons. The highest BCUT2D eigenvalue weighted by Gasteiger charge is 1.98. The Hall–Kier alpha value is -1.23. The molecule has 3 heteroatoms. The van der Waals surface area contributed by atoms with Gasteiger partial charge in [0, 0.05) is 15.3 Å². The molecule has 0 heterocycles. The lowest BCUT2D eigenvalue weighted by atomic mass is 10.2. The predicted molar refractivity (Wildman–Crippen MR) is 77.6 cm³/mol. The Morgan fingerprint density at radius 1 is 1.18 bits per heavy atom. The van der Waals surface area contributed by atoms with Crippen LogP contribution in [0.25, 0.3) is 0 Å². The minimum atomic E-state index is -0.196. The molecule has 0 aliphatic rings. The lowest BCUT2D eigenvalue weighted by Crippen LogP contribution is -1.85. The Morgan fingerprint density at radius 3 is 2.65 bits per heavy atom. The fourth-order valence-corrected chi connectivity index (χ4v) is 1.96. The molecule has 86 valence electrons. The van der Waals surface area contributed by atoms with Crippen LogP contribution in [0.2, 0.25) is 0 Å². The van der Waals surface area contributed by atoms with Crippen molar-refractivity contribution in [3.8, 4) is 0 Å². The zero-order valence-electron chi connectivity index (χ0n) is 9.32. The maximum Gasteiger partial charge on any atom is 0.126 e. The Balaban J connectivity index is 2.26. The number of aryl methyl sites for hydroxylation is 1. The van der Waals surface area contributed by atoms with Gasteiger partial charge < -0.3 is 0 Å². The Bertz CT molecular complexity index is 564. The second kappa shape index (κ2) is 5.40. The number of rotatable bonds is 2. The van der Waals surface area contributed by atoms with Gasteiger partial charge in [-0.2, -0.15) is 0 Å². The highest BCUT2D eigenvalue weighted by molar-refractivity contribution is 14.1. The van der Waals surface area contributed by atoms with Crippen molar-refractivity contribution in [1.29, 1.82) is 0 Å². The fraction of sp³-hybridized carbons (Fsp3) is 0.0714. The van der Waals surface area contributed by atoms with Crippen LogP contribution < -0.4 is 0 Å². The molecule has 0 aliphatic carbocycles. The number of hydrogen-bond donors (Lipinski definition) is 0. The molecule has 0 fully saturated rings. The molecule has 1 nitrogen and oxygen atoms in total. The van der Waals surface area contributed by atoms with Crippen LogP contribution in [0.3, 0.4) is 0 Å². The molecule has 0 atom stereocenters. The summed E-state index contributed by atoms with van der Waals surface area (Å²) in [7, 11) is 0. The predicted octanol–water partition coefficient (Wildman–Crippen LogP) is 4.49. The molecule has 2 rings (SSSR count). The number of nitrogens with zero attached hydrogens (tertiary/aromatic N) is 1. The second-order valence-corrected chi connectivity index (χ2v) is 4.88. The van der Waals surface area contributed by atoms with Crippen LogP contribution in [0.1, 0.15) is 11.1 Å². The van der Waals surface area contributed by atoms with Crippen LogP contribution in [0, 0.1) is 16.3 Å². The number of hydrogen-bond acceptors (Lipinski definition) is 1. The summed E-state index contributed by atoms with van der Waals surface area (Å²) < 4.78 is 14.2. The summed E-state index contributed by atoms with van der Waals surface area (Å²) in [5.41, 5.74) is 2.45. The molecule has 0 saturated heterocycles. The lowest BCUT2D eigenvalue weighted by Gasteiger charge is -1.99. The van der Waals surface area contributed by atoms with Gasteiger partial charge in [-0.1, -0.05) is 18.2 Å². The zero-order valence-corrected chi connectivity index (χ0v) is 11.5. The maximum atomic E-state index is 13.1. The standard InChI is InChI=1S/C14H11FIN/c1-10-8-12(6-7-13(10)15)17-9-11-4-2-3-5-14(11)16/h2-9H,1H3. The van der Waals surface area contributed by atoms with Gasteiger partial charge in [-0.15, -0.1) is 0 Å². The molecular formula is C14H11FIN.